The van der Waals surface area contributed by atoms with Crippen LogP contribution in [0.15, 0.2) is 36.5 Å². The molecular formula is C19H17F2N3O. The van der Waals surface area contributed by atoms with Crippen molar-refractivity contribution in [3.63, 3.8) is 0 Å². The zero-order valence-corrected chi connectivity index (χ0v) is 14.1. The van der Waals surface area contributed by atoms with Crippen molar-refractivity contribution < 1.29 is 13.6 Å². The summed E-state index contributed by atoms with van der Waals surface area (Å²) in [4.78, 5) is 19.6. The van der Waals surface area contributed by atoms with Crippen molar-refractivity contribution in [1.29, 1.82) is 0 Å². The molecule has 1 aliphatic rings. The molecule has 0 saturated heterocycles. The summed E-state index contributed by atoms with van der Waals surface area (Å²) in [5.41, 5.74) is 2.40. The molecule has 3 heterocycles. The molecule has 25 heavy (non-hydrogen) atoms. The van der Waals surface area contributed by atoms with Crippen molar-refractivity contribution in [3.8, 4) is 11.3 Å². The van der Waals surface area contributed by atoms with Gasteiger partial charge in [-0.1, -0.05) is 18.2 Å². The van der Waals surface area contributed by atoms with E-state index in [1.54, 1.807) is 30.5 Å². The maximum atomic E-state index is 13.8. The molecule has 0 aliphatic carbocycles. The first-order chi connectivity index (χ1) is 11.7. The number of para-hydroxylation sites is 1. The number of rotatable bonds is 2. The number of nitrogens with one attached hydrogen (secondary N) is 2. The third-order valence-corrected chi connectivity index (χ3v) is 4.62. The van der Waals surface area contributed by atoms with E-state index in [2.05, 4.69) is 15.3 Å². The van der Waals surface area contributed by atoms with Gasteiger partial charge < -0.3 is 10.3 Å². The molecule has 4 rings (SSSR count). The largest absolute Gasteiger partial charge is 0.360 e. The van der Waals surface area contributed by atoms with Gasteiger partial charge in [0.05, 0.1) is 28.0 Å². The maximum absolute atomic E-state index is 13.8. The van der Waals surface area contributed by atoms with Gasteiger partial charge in [-0.25, -0.2) is 13.8 Å². The van der Waals surface area contributed by atoms with E-state index in [-0.39, 0.29) is 11.5 Å². The van der Waals surface area contributed by atoms with Crippen LogP contribution in [0, 0.1) is 0 Å². The van der Waals surface area contributed by atoms with Gasteiger partial charge in [0.1, 0.15) is 0 Å². The zero-order chi connectivity index (χ0) is 18.0. The number of halogens is 2. The van der Waals surface area contributed by atoms with Crippen molar-refractivity contribution in [3.05, 3.63) is 53.3 Å². The fraction of sp³-hybridized carbons (Fsp3) is 0.263. The van der Waals surface area contributed by atoms with Gasteiger partial charge in [0.2, 0.25) is 0 Å². The Morgan fingerprint density at radius 1 is 1.12 bits per heavy atom. The highest BCUT2D eigenvalue weighted by Gasteiger charge is 2.37. The number of carbonyl (C=O) groups excluding carboxylic acids is 1. The molecule has 0 saturated carbocycles. The molecule has 4 nitrogen and oxygen atoms in total. The van der Waals surface area contributed by atoms with Crippen molar-refractivity contribution in [2.45, 2.75) is 32.2 Å². The smallest absolute Gasteiger partial charge is 0.272 e. The van der Waals surface area contributed by atoms with Crippen LogP contribution in [0.4, 0.5) is 8.78 Å². The van der Waals surface area contributed by atoms with Gasteiger partial charge in [0.25, 0.3) is 11.8 Å². The van der Waals surface area contributed by atoms with Crippen LogP contribution in [0.3, 0.4) is 0 Å². The second-order valence-electron chi connectivity index (χ2n) is 6.99. The van der Waals surface area contributed by atoms with E-state index in [1.807, 2.05) is 13.8 Å². The third-order valence-electron chi connectivity index (χ3n) is 4.62. The molecule has 128 valence electrons. The number of hydrogen-bond acceptors (Lipinski definition) is 2. The van der Waals surface area contributed by atoms with Crippen LogP contribution >= 0.6 is 0 Å². The molecular weight excluding hydrogens is 324 g/mol. The number of aromatic amines is 1. The number of fused-ring (bicyclic) bond motifs is 2. The lowest BCUT2D eigenvalue weighted by molar-refractivity contribution is 0.0189. The first-order valence-electron chi connectivity index (χ1n) is 8.01. The van der Waals surface area contributed by atoms with Crippen molar-refractivity contribution in [2.75, 3.05) is 0 Å². The Bertz CT molecular complexity index is 1020. The number of benzene rings is 1. The van der Waals surface area contributed by atoms with Crippen molar-refractivity contribution in [2.24, 2.45) is 0 Å². The molecule has 0 spiro atoms. The predicted octanol–water partition coefficient (Wildman–Crippen LogP) is 4.32. The number of aromatic nitrogens is 2. The number of nitrogens with zero attached hydrogens (tertiary/aromatic N) is 1. The Hall–Kier alpha value is -2.76. The quantitative estimate of drug-likeness (QED) is 0.729. The summed E-state index contributed by atoms with van der Waals surface area (Å²) in [6, 6.07) is 8.32. The predicted molar refractivity (Wildman–Crippen MR) is 91.6 cm³/mol. The Kier molecular flexibility index (Phi) is 3.07. The van der Waals surface area contributed by atoms with Gasteiger partial charge in [0, 0.05) is 29.6 Å². The van der Waals surface area contributed by atoms with E-state index >= 15 is 0 Å². The van der Waals surface area contributed by atoms with Crippen LogP contribution in [-0.4, -0.2) is 15.9 Å². The maximum Gasteiger partial charge on any atom is 0.272 e. The fourth-order valence-corrected chi connectivity index (χ4v) is 3.41. The summed E-state index contributed by atoms with van der Waals surface area (Å²) in [7, 11) is 0. The average Bonchev–Trinajstić information content (AvgIpc) is 3.05. The number of amides is 1. The van der Waals surface area contributed by atoms with E-state index in [0.717, 1.165) is 12.5 Å². The van der Waals surface area contributed by atoms with Crippen LogP contribution in [0.2, 0.25) is 0 Å². The Labute approximate surface area is 143 Å². The normalized spacial score (nSPS) is 16.1. The second-order valence-corrected chi connectivity index (χ2v) is 6.99. The molecule has 0 bridgehead atoms. The molecule has 2 N–H and O–H groups in total. The lowest BCUT2D eigenvalue weighted by Crippen LogP contribution is -2.33. The van der Waals surface area contributed by atoms with Crippen LogP contribution in [0.5, 0.6) is 0 Å². The highest BCUT2D eigenvalue weighted by atomic mass is 19.3. The molecule has 0 unspecified atom stereocenters. The molecule has 0 radical (unpaired) electrons. The number of hydrogen-bond donors (Lipinski definition) is 2. The van der Waals surface area contributed by atoms with Crippen LogP contribution in [0.25, 0.3) is 22.2 Å². The van der Waals surface area contributed by atoms with Gasteiger partial charge in [-0.2, -0.15) is 0 Å². The van der Waals surface area contributed by atoms with Gasteiger partial charge >= 0.3 is 0 Å². The number of pyridine rings is 1. The topological polar surface area (TPSA) is 57.8 Å². The van der Waals surface area contributed by atoms with Crippen LogP contribution < -0.4 is 5.32 Å². The average molecular weight is 341 g/mol. The monoisotopic (exact) mass is 341 g/mol. The molecule has 2 aromatic heterocycles. The first-order valence-corrected chi connectivity index (χ1v) is 8.01. The standard InChI is InChI=1S/C19H17F2N3O/c1-18(2)16-11(17(25)24-18)7-8-14(23-16)12-9-22-15-10(12)5-4-6-13(15)19(3,20)21/h4-9,22H,1-3H3,(H,24,25). The summed E-state index contributed by atoms with van der Waals surface area (Å²) in [5.74, 6) is -3.09. The van der Waals surface area contributed by atoms with Gasteiger partial charge in [-0.05, 0) is 26.0 Å². The summed E-state index contributed by atoms with van der Waals surface area (Å²) in [6.45, 7) is 4.66. The minimum absolute atomic E-state index is 0.0467. The van der Waals surface area contributed by atoms with Crippen LogP contribution in [-0.2, 0) is 11.5 Å². The van der Waals surface area contributed by atoms with Crippen molar-refractivity contribution in [1.82, 2.24) is 15.3 Å². The van der Waals surface area contributed by atoms with Gasteiger partial charge in [-0.3, -0.25) is 4.79 Å². The molecule has 6 heteroatoms. The number of alkyl halides is 2. The molecule has 0 fully saturated rings. The van der Waals surface area contributed by atoms with E-state index in [4.69, 9.17) is 0 Å². The third kappa shape index (κ3) is 2.32. The minimum Gasteiger partial charge on any atom is -0.360 e. The highest BCUT2D eigenvalue weighted by Crippen LogP contribution is 2.37. The first kappa shape index (κ1) is 15.7. The van der Waals surface area contributed by atoms with Crippen LogP contribution in [0.1, 0.15) is 42.4 Å². The molecule has 3 aromatic rings. The summed E-state index contributed by atoms with van der Waals surface area (Å²) < 4.78 is 27.7. The minimum atomic E-state index is -2.94. The molecule has 1 amide bonds. The van der Waals surface area contributed by atoms with Gasteiger partial charge in [0.15, 0.2) is 0 Å². The highest BCUT2D eigenvalue weighted by molar-refractivity contribution is 6.01. The zero-order valence-electron chi connectivity index (χ0n) is 14.1. The van der Waals surface area contributed by atoms with Gasteiger partial charge in [-0.15, -0.1) is 0 Å². The van der Waals surface area contributed by atoms with Crippen molar-refractivity contribution >= 4 is 16.8 Å². The SMILES string of the molecule is CC(F)(F)c1cccc2c(-c3ccc4c(n3)C(C)(C)NC4=O)c[nH]c12. The lowest BCUT2D eigenvalue weighted by Gasteiger charge is -2.18. The molecule has 1 aromatic carbocycles. The fourth-order valence-electron chi connectivity index (χ4n) is 3.41. The van der Waals surface area contributed by atoms with E-state index in [1.165, 1.54) is 6.07 Å². The lowest BCUT2D eigenvalue weighted by atomic mass is 9.99. The number of carbonyl (C=O) groups is 1. The summed E-state index contributed by atoms with van der Waals surface area (Å²) in [6.07, 6.45) is 1.69. The van der Waals surface area contributed by atoms with E-state index in [0.29, 0.717) is 27.9 Å². The summed E-state index contributed by atoms with van der Waals surface area (Å²) >= 11 is 0. The Morgan fingerprint density at radius 3 is 2.60 bits per heavy atom. The molecule has 1 aliphatic heterocycles. The number of H-pyrrole nitrogens is 1. The molecule has 0 atom stereocenters. The van der Waals surface area contributed by atoms with E-state index in [9.17, 15) is 13.6 Å². The van der Waals surface area contributed by atoms with E-state index < -0.39 is 11.5 Å². The second kappa shape index (κ2) is 4.88. The Morgan fingerprint density at radius 2 is 1.88 bits per heavy atom. The summed E-state index contributed by atoms with van der Waals surface area (Å²) in [5, 5.41) is 3.57. The Balaban J connectivity index is 1.92.